The van der Waals surface area contributed by atoms with Crippen LogP contribution in [0, 0.1) is 5.92 Å². The van der Waals surface area contributed by atoms with Crippen LogP contribution >= 0.6 is 0 Å². The molecule has 1 aliphatic heterocycles. The maximum atomic E-state index is 4.55. The minimum atomic E-state index is 0.712. The Morgan fingerprint density at radius 2 is 2.19 bits per heavy atom. The Labute approximate surface area is 99.8 Å². The summed E-state index contributed by atoms with van der Waals surface area (Å²) in [6.07, 6.45) is 8.32. The van der Waals surface area contributed by atoms with Gasteiger partial charge >= 0.3 is 0 Å². The fourth-order valence-corrected chi connectivity index (χ4v) is 2.06. The third kappa shape index (κ3) is 4.31. The minimum Gasteiger partial charge on any atom is -0.300 e. The van der Waals surface area contributed by atoms with E-state index >= 15 is 0 Å². The van der Waals surface area contributed by atoms with Crippen LogP contribution in [0.25, 0.3) is 0 Å². The number of rotatable bonds is 5. The van der Waals surface area contributed by atoms with E-state index in [1.807, 2.05) is 12.3 Å². The van der Waals surface area contributed by atoms with E-state index < -0.39 is 0 Å². The molecule has 1 rings (SSSR count). The molecule has 0 aromatic rings. The molecule has 0 amide bonds. The van der Waals surface area contributed by atoms with Gasteiger partial charge in [-0.15, -0.1) is 0 Å². The highest BCUT2D eigenvalue weighted by Crippen LogP contribution is 2.18. The van der Waals surface area contributed by atoms with Crippen molar-refractivity contribution in [3.63, 3.8) is 0 Å². The molecule has 0 fully saturated rings. The normalized spacial score (nSPS) is 16.4. The first-order chi connectivity index (χ1) is 7.63. The van der Waals surface area contributed by atoms with Crippen LogP contribution in [0.15, 0.2) is 28.4 Å². The highest BCUT2D eigenvalue weighted by Gasteiger charge is 2.09. The van der Waals surface area contributed by atoms with Gasteiger partial charge in [-0.1, -0.05) is 26.8 Å². The van der Waals surface area contributed by atoms with Gasteiger partial charge in [0, 0.05) is 19.3 Å². The van der Waals surface area contributed by atoms with Crippen LogP contribution in [0.2, 0.25) is 0 Å². The number of hydrogen-bond donors (Lipinski definition) is 0. The fourth-order valence-electron chi connectivity index (χ4n) is 2.06. The molecule has 2 heteroatoms. The van der Waals surface area contributed by atoms with Gasteiger partial charge in [-0.05, 0) is 37.5 Å². The minimum absolute atomic E-state index is 0.712. The molecule has 0 N–H and O–H groups in total. The second-order valence-electron chi connectivity index (χ2n) is 4.90. The van der Waals surface area contributed by atoms with Crippen LogP contribution in [-0.4, -0.2) is 31.3 Å². The largest absolute Gasteiger partial charge is 0.300 e. The molecule has 0 aliphatic carbocycles. The number of aliphatic imine (C=N–C) groups is 1. The molecule has 1 heterocycles. The SMILES string of the molecule is CCC1=C(CN(C)CC(C)C)N=CC=CC1. The molecule has 1 aliphatic rings. The molecule has 0 saturated heterocycles. The lowest BCUT2D eigenvalue weighted by Crippen LogP contribution is -2.25. The van der Waals surface area contributed by atoms with E-state index in [2.05, 4.69) is 43.8 Å². The van der Waals surface area contributed by atoms with Crippen molar-refractivity contribution in [1.82, 2.24) is 4.90 Å². The van der Waals surface area contributed by atoms with Crippen molar-refractivity contribution >= 4 is 6.21 Å². The summed E-state index contributed by atoms with van der Waals surface area (Å²) in [4.78, 5) is 6.91. The van der Waals surface area contributed by atoms with Crippen molar-refractivity contribution in [1.29, 1.82) is 0 Å². The lowest BCUT2D eigenvalue weighted by Gasteiger charge is -2.20. The molecule has 0 unspecified atom stereocenters. The first kappa shape index (κ1) is 13.2. The summed E-state index contributed by atoms with van der Waals surface area (Å²) >= 11 is 0. The van der Waals surface area contributed by atoms with E-state index in [1.54, 1.807) is 0 Å². The molecular formula is C14H24N2. The molecule has 2 nitrogen and oxygen atoms in total. The number of hydrogen-bond acceptors (Lipinski definition) is 2. The number of likely N-dealkylation sites (N-methyl/N-ethyl adjacent to an activating group) is 1. The van der Waals surface area contributed by atoms with Crippen LogP contribution in [0.3, 0.4) is 0 Å². The average Bonchev–Trinajstić information content (AvgIpc) is 2.41. The number of nitrogens with zero attached hydrogens (tertiary/aromatic N) is 2. The van der Waals surface area contributed by atoms with Gasteiger partial charge in [0.25, 0.3) is 0 Å². The summed E-state index contributed by atoms with van der Waals surface area (Å²) < 4.78 is 0. The van der Waals surface area contributed by atoms with Crippen molar-refractivity contribution in [2.75, 3.05) is 20.1 Å². The second-order valence-corrected chi connectivity index (χ2v) is 4.90. The smallest absolute Gasteiger partial charge is 0.0538 e. The molecule has 0 atom stereocenters. The predicted octanol–water partition coefficient (Wildman–Crippen LogP) is 3.27. The average molecular weight is 220 g/mol. The van der Waals surface area contributed by atoms with E-state index in [1.165, 1.54) is 11.3 Å². The Kier molecular flexibility index (Phi) is 5.47. The van der Waals surface area contributed by atoms with Gasteiger partial charge in [-0.3, -0.25) is 4.99 Å². The standard InChI is InChI=1S/C14H24N2/c1-5-13-8-6-7-9-15-14(13)11-16(4)10-12(2)3/h6-7,9,12H,5,8,10-11H2,1-4H3. The third-order valence-corrected chi connectivity index (χ3v) is 2.75. The van der Waals surface area contributed by atoms with Gasteiger partial charge < -0.3 is 4.90 Å². The third-order valence-electron chi connectivity index (χ3n) is 2.75. The van der Waals surface area contributed by atoms with E-state index in [9.17, 15) is 0 Å². The quantitative estimate of drug-likeness (QED) is 0.694. The van der Waals surface area contributed by atoms with Crippen molar-refractivity contribution in [3.8, 4) is 0 Å². The van der Waals surface area contributed by atoms with Crippen molar-refractivity contribution in [2.45, 2.75) is 33.6 Å². The summed E-state index contributed by atoms with van der Waals surface area (Å²) in [5.74, 6) is 0.712. The molecule has 16 heavy (non-hydrogen) atoms. The molecule has 0 radical (unpaired) electrons. The monoisotopic (exact) mass is 220 g/mol. The molecular weight excluding hydrogens is 196 g/mol. The zero-order valence-electron chi connectivity index (χ0n) is 11.0. The van der Waals surface area contributed by atoms with E-state index in [4.69, 9.17) is 0 Å². The molecule has 0 aromatic carbocycles. The van der Waals surface area contributed by atoms with Gasteiger partial charge in [-0.25, -0.2) is 0 Å². The molecule has 0 saturated carbocycles. The second kappa shape index (κ2) is 6.64. The first-order valence-electron chi connectivity index (χ1n) is 6.22. The predicted molar refractivity (Wildman–Crippen MR) is 71.9 cm³/mol. The Morgan fingerprint density at radius 1 is 1.44 bits per heavy atom. The molecule has 0 spiro atoms. The molecule has 90 valence electrons. The lowest BCUT2D eigenvalue weighted by molar-refractivity contribution is 0.316. The van der Waals surface area contributed by atoms with Gasteiger partial charge in [0.05, 0.1) is 5.70 Å². The van der Waals surface area contributed by atoms with Gasteiger partial charge in [0.15, 0.2) is 0 Å². The van der Waals surface area contributed by atoms with Crippen molar-refractivity contribution in [2.24, 2.45) is 10.9 Å². The van der Waals surface area contributed by atoms with E-state index in [0.717, 1.165) is 25.9 Å². The molecule has 0 aromatic heterocycles. The van der Waals surface area contributed by atoms with Gasteiger partial charge in [0.2, 0.25) is 0 Å². The van der Waals surface area contributed by atoms with Crippen LogP contribution in [0.4, 0.5) is 0 Å². The Bertz CT molecular complexity index is 298. The summed E-state index contributed by atoms with van der Waals surface area (Å²) in [7, 11) is 2.17. The lowest BCUT2D eigenvalue weighted by atomic mass is 10.1. The number of allylic oxidation sites excluding steroid dienone is 3. The molecule has 0 bridgehead atoms. The van der Waals surface area contributed by atoms with Crippen molar-refractivity contribution < 1.29 is 0 Å². The summed E-state index contributed by atoms with van der Waals surface area (Å²) in [5, 5.41) is 0. The maximum absolute atomic E-state index is 4.55. The van der Waals surface area contributed by atoms with E-state index in [0.29, 0.717) is 5.92 Å². The summed E-state index contributed by atoms with van der Waals surface area (Å²) in [6.45, 7) is 8.82. The maximum Gasteiger partial charge on any atom is 0.0538 e. The van der Waals surface area contributed by atoms with Gasteiger partial charge in [-0.2, -0.15) is 0 Å². The van der Waals surface area contributed by atoms with Crippen LogP contribution < -0.4 is 0 Å². The highest BCUT2D eigenvalue weighted by atomic mass is 15.1. The summed E-state index contributed by atoms with van der Waals surface area (Å²) in [5.41, 5.74) is 2.73. The summed E-state index contributed by atoms with van der Waals surface area (Å²) in [6, 6.07) is 0. The topological polar surface area (TPSA) is 15.6 Å². The van der Waals surface area contributed by atoms with Crippen molar-refractivity contribution in [3.05, 3.63) is 23.4 Å². The van der Waals surface area contributed by atoms with E-state index in [-0.39, 0.29) is 0 Å². The Balaban J connectivity index is 2.65. The Morgan fingerprint density at radius 3 is 2.81 bits per heavy atom. The van der Waals surface area contributed by atoms with Crippen LogP contribution in [-0.2, 0) is 0 Å². The van der Waals surface area contributed by atoms with Gasteiger partial charge in [0.1, 0.15) is 0 Å². The zero-order chi connectivity index (χ0) is 12.0. The fraction of sp³-hybridized carbons (Fsp3) is 0.643. The first-order valence-corrected chi connectivity index (χ1v) is 6.22. The van der Waals surface area contributed by atoms with Crippen LogP contribution in [0.1, 0.15) is 33.6 Å². The highest BCUT2D eigenvalue weighted by molar-refractivity contribution is 5.73. The zero-order valence-corrected chi connectivity index (χ0v) is 11.0. The van der Waals surface area contributed by atoms with Crippen LogP contribution in [0.5, 0.6) is 0 Å². The Hall–Kier alpha value is -0.890.